The number of carbonyl (C=O) groups is 1. The van der Waals surface area contributed by atoms with Crippen LogP contribution in [0.1, 0.15) is 55.7 Å². The van der Waals surface area contributed by atoms with E-state index in [1.165, 1.54) is 0 Å². The monoisotopic (exact) mass is 276 g/mol. The van der Waals surface area contributed by atoms with E-state index < -0.39 is 0 Å². The van der Waals surface area contributed by atoms with Crippen LogP contribution in [0, 0.1) is 0 Å². The maximum absolute atomic E-state index is 12.9. The van der Waals surface area contributed by atoms with Gasteiger partial charge in [-0.25, -0.2) is 0 Å². The lowest BCUT2D eigenvalue weighted by molar-refractivity contribution is 0.0562. The molecule has 2 N–H and O–H groups in total. The van der Waals surface area contributed by atoms with Crippen LogP contribution < -0.4 is 5.73 Å². The minimum atomic E-state index is 0.151. The van der Waals surface area contributed by atoms with Gasteiger partial charge in [-0.3, -0.25) is 9.48 Å². The van der Waals surface area contributed by atoms with Crippen molar-refractivity contribution >= 4 is 5.91 Å². The number of fused-ring (bicyclic) bond motifs is 2. The maximum Gasteiger partial charge on any atom is 0.272 e. The van der Waals surface area contributed by atoms with Gasteiger partial charge in [-0.1, -0.05) is 6.92 Å². The first-order valence-electron chi connectivity index (χ1n) is 7.79. The van der Waals surface area contributed by atoms with Crippen molar-refractivity contribution in [1.82, 2.24) is 14.7 Å². The fourth-order valence-corrected chi connectivity index (χ4v) is 3.74. The summed E-state index contributed by atoms with van der Waals surface area (Å²) in [6.07, 6.45) is 4.97. The van der Waals surface area contributed by atoms with Gasteiger partial charge in [0.25, 0.3) is 5.91 Å². The number of hydrogen-bond acceptors (Lipinski definition) is 3. The maximum atomic E-state index is 12.9. The minimum Gasteiger partial charge on any atom is -0.331 e. The number of aryl methyl sites for hydroxylation is 2. The number of aromatic nitrogens is 2. The molecule has 2 fully saturated rings. The number of hydrogen-bond donors (Lipinski definition) is 1. The molecule has 2 bridgehead atoms. The molecule has 0 aromatic carbocycles. The summed E-state index contributed by atoms with van der Waals surface area (Å²) >= 11 is 0. The number of piperidine rings is 1. The predicted octanol–water partition coefficient (Wildman–Crippen LogP) is 1.56. The summed E-state index contributed by atoms with van der Waals surface area (Å²) in [5.41, 5.74) is 7.83. The lowest BCUT2D eigenvalue weighted by atomic mass is 9.98. The van der Waals surface area contributed by atoms with Crippen LogP contribution in [-0.4, -0.2) is 38.7 Å². The van der Waals surface area contributed by atoms with Gasteiger partial charge >= 0.3 is 0 Å². The van der Waals surface area contributed by atoms with Gasteiger partial charge in [0.05, 0.1) is 5.69 Å². The smallest absolute Gasteiger partial charge is 0.272 e. The summed E-state index contributed by atoms with van der Waals surface area (Å²) in [7, 11) is 0. The molecule has 0 saturated carbocycles. The van der Waals surface area contributed by atoms with Crippen molar-refractivity contribution in [3.05, 3.63) is 17.5 Å². The second-order valence-corrected chi connectivity index (χ2v) is 6.02. The van der Waals surface area contributed by atoms with Crippen molar-refractivity contribution < 1.29 is 4.79 Å². The normalized spacial score (nSPS) is 28.9. The Kier molecular flexibility index (Phi) is 3.54. The summed E-state index contributed by atoms with van der Waals surface area (Å²) < 4.78 is 1.84. The van der Waals surface area contributed by atoms with E-state index in [2.05, 4.69) is 16.9 Å². The number of nitrogens with two attached hydrogens (primary N) is 1. The molecule has 110 valence electrons. The Morgan fingerprint density at radius 2 is 2.00 bits per heavy atom. The molecule has 1 aromatic heterocycles. The molecule has 0 aliphatic carbocycles. The molecule has 3 heterocycles. The quantitative estimate of drug-likeness (QED) is 0.911. The van der Waals surface area contributed by atoms with E-state index >= 15 is 0 Å². The van der Waals surface area contributed by atoms with Gasteiger partial charge in [-0.05, 0) is 45.1 Å². The van der Waals surface area contributed by atoms with Crippen molar-refractivity contribution in [1.29, 1.82) is 0 Å². The molecule has 2 atom stereocenters. The van der Waals surface area contributed by atoms with Crippen molar-refractivity contribution in [3.63, 3.8) is 0 Å². The third-order valence-electron chi connectivity index (χ3n) is 4.72. The molecule has 2 aliphatic heterocycles. The van der Waals surface area contributed by atoms with Crippen molar-refractivity contribution in [2.24, 2.45) is 5.73 Å². The first kappa shape index (κ1) is 13.6. The Bertz CT molecular complexity index is 496. The Morgan fingerprint density at radius 3 is 2.55 bits per heavy atom. The van der Waals surface area contributed by atoms with E-state index in [0.717, 1.165) is 50.0 Å². The van der Waals surface area contributed by atoms with Crippen LogP contribution in [0.3, 0.4) is 0 Å². The van der Waals surface area contributed by atoms with Gasteiger partial charge in [-0.15, -0.1) is 0 Å². The number of nitrogens with zero attached hydrogens (tertiary/aromatic N) is 3. The molecule has 3 rings (SSSR count). The van der Waals surface area contributed by atoms with Crippen molar-refractivity contribution in [2.45, 2.75) is 70.6 Å². The fraction of sp³-hybridized carbons (Fsp3) is 0.733. The van der Waals surface area contributed by atoms with Gasteiger partial charge in [0.15, 0.2) is 0 Å². The number of rotatable bonds is 3. The summed E-state index contributed by atoms with van der Waals surface area (Å²) in [5.74, 6) is 0.151. The van der Waals surface area contributed by atoms with E-state index in [4.69, 9.17) is 5.73 Å². The molecule has 1 aromatic rings. The highest BCUT2D eigenvalue weighted by Crippen LogP contribution is 2.36. The lowest BCUT2D eigenvalue weighted by Crippen LogP contribution is -2.50. The summed E-state index contributed by atoms with van der Waals surface area (Å²) in [5, 5.41) is 4.49. The molecule has 0 radical (unpaired) electrons. The summed E-state index contributed by atoms with van der Waals surface area (Å²) in [6, 6.07) is 2.89. The average molecular weight is 276 g/mol. The van der Waals surface area contributed by atoms with Crippen LogP contribution in [0.25, 0.3) is 0 Å². The summed E-state index contributed by atoms with van der Waals surface area (Å²) in [4.78, 5) is 15.0. The lowest BCUT2D eigenvalue weighted by Gasteiger charge is -2.37. The Labute approximate surface area is 120 Å². The molecule has 5 nitrogen and oxygen atoms in total. The van der Waals surface area contributed by atoms with Crippen LogP contribution in [0.4, 0.5) is 0 Å². The molecule has 2 unspecified atom stereocenters. The van der Waals surface area contributed by atoms with E-state index in [-0.39, 0.29) is 11.9 Å². The Hall–Kier alpha value is -1.36. The zero-order valence-electron chi connectivity index (χ0n) is 12.4. The fourth-order valence-electron chi connectivity index (χ4n) is 3.74. The predicted molar refractivity (Wildman–Crippen MR) is 77.5 cm³/mol. The summed E-state index contributed by atoms with van der Waals surface area (Å²) in [6.45, 7) is 4.84. The zero-order chi connectivity index (χ0) is 14.3. The second-order valence-electron chi connectivity index (χ2n) is 6.02. The molecule has 20 heavy (non-hydrogen) atoms. The van der Waals surface area contributed by atoms with Crippen LogP contribution >= 0.6 is 0 Å². The molecule has 2 aliphatic rings. The largest absolute Gasteiger partial charge is 0.331 e. The Balaban J connectivity index is 1.88. The molecule has 2 saturated heterocycles. The highest BCUT2D eigenvalue weighted by Gasteiger charge is 2.43. The highest BCUT2D eigenvalue weighted by atomic mass is 16.2. The topological polar surface area (TPSA) is 64.2 Å². The first-order chi connectivity index (χ1) is 9.63. The number of amides is 1. The van der Waals surface area contributed by atoms with Gasteiger partial charge in [-0.2, -0.15) is 5.10 Å². The number of carbonyl (C=O) groups excluding carboxylic acids is 1. The standard InChI is InChI=1S/C15H24N4O/c1-3-11-9-14(18(4-2)17-11)15(20)19-12-5-6-13(19)8-10(16)7-12/h9-10,12-13H,3-8,16H2,1-2H3. The van der Waals surface area contributed by atoms with E-state index in [9.17, 15) is 4.79 Å². The molecular formula is C15H24N4O. The third kappa shape index (κ3) is 2.14. The van der Waals surface area contributed by atoms with Crippen LogP contribution in [-0.2, 0) is 13.0 Å². The minimum absolute atomic E-state index is 0.151. The van der Waals surface area contributed by atoms with E-state index in [0.29, 0.717) is 12.1 Å². The van der Waals surface area contributed by atoms with Crippen LogP contribution in [0.5, 0.6) is 0 Å². The van der Waals surface area contributed by atoms with Crippen LogP contribution in [0.2, 0.25) is 0 Å². The second kappa shape index (κ2) is 5.20. The van der Waals surface area contributed by atoms with Gasteiger partial charge in [0, 0.05) is 24.7 Å². The van der Waals surface area contributed by atoms with Gasteiger partial charge in [0.1, 0.15) is 5.69 Å². The van der Waals surface area contributed by atoms with Crippen molar-refractivity contribution in [3.8, 4) is 0 Å². The van der Waals surface area contributed by atoms with Gasteiger partial charge < -0.3 is 10.6 Å². The molecule has 1 amide bonds. The van der Waals surface area contributed by atoms with Crippen molar-refractivity contribution in [2.75, 3.05) is 0 Å². The Morgan fingerprint density at radius 1 is 1.35 bits per heavy atom. The van der Waals surface area contributed by atoms with E-state index in [1.807, 2.05) is 17.7 Å². The molecule has 0 spiro atoms. The SMILES string of the molecule is CCc1cc(C(=O)N2C3CCC2CC(N)C3)n(CC)n1. The van der Waals surface area contributed by atoms with E-state index in [1.54, 1.807) is 0 Å². The highest BCUT2D eigenvalue weighted by molar-refractivity contribution is 5.93. The van der Waals surface area contributed by atoms with Gasteiger partial charge in [0.2, 0.25) is 0 Å². The molecular weight excluding hydrogens is 252 g/mol. The zero-order valence-corrected chi connectivity index (χ0v) is 12.4. The molecule has 5 heteroatoms. The first-order valence-corrected chi connectivity index (χ1v) is 7.79. The third-order valence-corrected chi connectivity index (χ3v) is 4.72. The van der Waals surface area contributed by atoms with Crippen LogP contribution in [0.15, 0.2) is 6.07 Å². The average Bonchev–Trinajstić information content (AvgIpc) is 2.97.